The van der Waals surface area contributed by atoms with Crippen molar-refractivity contribution in [1.82, 2.24) is 21.3 Å². The van der Waals surface area contributed by atoms with Gasteiger partial charge in [-0.25, -0.2) is 0 Å². The van der Waals surface area contributed by atoms with Crippen LogP contribution in [0.25, 0.3) is 0 Å². The normalized spacial score (nSPS) is 17.0. The van der Waals surface area contributed by atoms with E-state index < -0.39 is 22.2 Å². The van der Waals surface area contributed by atoms with Crippen LogP contribution in [0.3, 0.4) is 0 Å². The molecule has 48 heavy (non-hydrogen) atoms. The Morgan fingerprint density at radius 1 is 0.479 bits per heavy atom. The molecule has 2 rings (SSSR count). The van der Waals surface area contributed by atoms with Gasteiger partial charge in [0.1, 0.15) is 0 Å². The third-order valence-corrected chi connectivity index (χ3v) is 8.84. The number of rotatable bonds is 16. The topological polar surface area (TPSA) is 166 Å². The van der Waals surface area contributed by atoms with E-state index in [-0.39, 0.29) is 35.7 Å². The van der Waals surface area contributed by atoms with Gasteiger partial charge in [-0.3, -0.25) is 19.2 Å². The van der Waals surface area contributed by atoms with Crippen LogP contribution in [0.4, 0.5) is 0 Å². The van der Waals surface area contributed by atoms with Crippen LogP contribution in [0.1, 0.15) is 159 Å². The van der Waals surface area contributed by atoms with E-state index in [1.807, 2.05) is 0 Å². The molecule has 0 spiro atoms. The van der Waals surface area contributed by atoms with Crippen molar-refractivity contribution in [3.63, 3.8) is 0 Å². The van der Waals surface area contributed by atoms with Gasteiger partial charge in [0.05, 0.1) is 0 Å². The minimum absolute atomic E-state index is 0.114. The molecule has 0 bridgehead atoms. The summed E-state index contributed by atoms with van der Waals surface area (Å²) in [4.78, 5) is 49.3. The van der Waals surface area contributed by atoms with Gasteiger partial charge in [0.25, 0.3) is 0 Å². The van der Waals surface area contributed by atoms with E-state index in [1.54, 1.807) is 55.4 Å². The summed E-state index contributed by atoms with van der Waals surface area (Å²) in [5, 5.41) is 28.6. The van der Waals surface area contributed by atoms with Crippen LogP contribution < -0.4 is 21.3 Å². The van der Waals surface area contributed by atoms with Gasteiger partial charge < -0.3 is 21.3 Å². The monoisotopic (exact) mass is 677 g/mol. The molecule has 4 N–H and O–H groups in total. The second-order valence-corrected chi connectivity index (χ2v) is 15.5. The number of hydrogen-bond donors (Lipinski definition) is 4. The van der Waals surface area contributed by atoms with Crippen molar-refractivity contribution in [1.29, 1.82) is 0 Å². The molecule has 0 aliphatic heterocycles. The Bertz CT molecular complexity index is 990. The Morgan fingerprint density at radius 3 is 1.02 bits per heavy atom. The van der Waals surface area contributed by atoms with Gasteiger partial charge in [-0.2, -0.15) is 20.5 Å². The van der Waals surface area contributed by atoms with Crippen LogP contribution in [-0.2, 0) is 19.2 Å². The van der Waals surface area contributed by atoms with E-state index in [9.17, 15) is 19.2 Å². The highest BCUT2D eigenvalue weighted by Crippen LogP contribution is 2.22. The Labute approximate surface area is 290 Å². The van der Waals surface area contributed by atoms with Crippen molar-refractivity contribution in [3.8, 4) is 0 Å². The van der Waals surface area contributed by atoms with Gasteiger partial charge >= 0.3 is 0 Å². The largest absolute Gasteiger partial charge is 0.354 e. The predicted octanol–water partition coefficient (Wildman–Crippen LogP) is 6.72. The fourth-order valence-electron chi connectivity index (χ4n) is 5.09. The molecule has 2 aliphatic carbocycles. The number of azo groups is 2. The maximum absolute atomic E-state index is 12.6. The smallest absolute Gasteiger partial charge is 0.249 e. The molecule has 0 radical (unpaired) electrons. The molecule has 2 fully saturated rings. The fourth-order valence-corrected chi connectivity index (χ4v) is 5.09. The van der Waals surface area contributed by atoms with E-state index in [0.717, 1.165) is 51.4 Å². The predicted molar refractivity (Wildman–Crippen MR) is 192 cm³/mol. The second kappa shape index (κ2) is 20.6. The first kappa shape index (κ1) is 43.1. The first-order chi connectivity index (χ1) is 22.4. The zero-order valence-electron chi connectivity index (χ0n) is 31.9. The van der Waals surface area contributed by atoms with Crippen molar-refractivity contribution < 1.29 is 19.2 Å². The lowest BCUT2D eigenvalue weighted by Gasteiger charge is -2.28. The van der Waals surface area contributed by atoms with Gasteiger partial charge in [0, 0.05) is 25.2 Å². The van der Waals surface area contributed by atoms with E-state index in [0.29, 0.717) is 13.1 Å². The minimum Gasteiger partial charge on any atom is -0.354 e. The number of hydrogen-bond acceptors (Lipinski definition) is 8. The molecule has 2 saturated carbocycles. The number of carbonyl (C=O) groups is 4. The minimum atomic E-state index is -0.977. The van der Waals surface area contributed by atoms with Crippen molar-refractivity contribution >= 4 is 23.6 Å². The molecule has 0 aromatic carbocycles. The highest BCUT2D eigenvalue weighted by Gasteiger charge is 2.35. The molecule has 12 heteroatoms. The van der Waals surface area contributed by atoms with E-state index >= 15 is 0 Å². The Morgan fingerprint density at radius 2 is 0.750 bits per heavy atom. The van der Waals surface area contributed by atoms with E-state index in [2.05, 4.69) is 55.6 Å². The zero-order valence-corrected chi connectivity index (χ0v) is 31.9. The third-order valence-electron chi connectivity index (χ3n) is 8.84. The van der Waals surface area contributed by atoms with Crippen LogP contribution in [0.5, 0.6) is 0 Å². The van der Waals surface area contributed by atoms with Crippen molar-refractivity contribution in [3.05, 3.63) is 0 Å². The van der Waals surface area contributed by atoms with Crippen LogP contribution >= 0.6 is 0 Å². The van der Waals surface area contributed by atoms with Gasteiger partial charge in [0.15, 0.2) is 22.2 Å². The number of amides is 4. The molecular weight excluding hydrogens is 608 g/mol. The molecule has 0 saturated heterocycles. The molecule has 2 aliphatic rings. The summed E-state index contributed by atoms with van der Waals surface area (Å²) in [6, 6.07) is 0.488. The molecule has 0 heterocycles. The molecule has 4 amide bonds. The summed E-state index contributed by atoms with van der Waals surface area (Å²) in [5.41, 5.74) is -3.90. The van der Waals surface area contributed by atoms with E-state index in [4.69, 9.17) is 0 Å². The Kier molecular flexibility index (Phi) is 18.5. The van der Waals surface area contributed by atoms with Gasteiger partial charge in [-0.15, -0.1) is 0 Å². The SMILES string of the molecule is CC(C)(N=NC(C)(C)C(=O)NC1CCCCC1)C(=O)NC1CCCCC1.CCCCNC(=O)C(C)(C)N=NC(C)(C)C(=O)NCCCC. The molecule has 12 nitrogen and oxygen atoms in total. The van der Waals surface area contributed by atoms with Crippen molar-refractivity contribution in [2.24, 2.45) is 20.5 Å². The molecule has 276 valence electrons. The first-order valence-corrected chi connectivity index (χ1v) is 18.4. The molecule has 0 atom stereocenters. The van der Waals surface area contributed by atoms with Crippen LogP contribution in [0.2, 0.25) is 0 Å². The summed E-state index contributed by atoms with van der Waals surface area (Å²) < 4.78 is 0. The molecule has 0 aromatic heterocycles. The number of nitrogens with zero attached hydrogens (tertiary/aromatic N) is 4. The van der Waals surface area contributed by atoms with E-state index in [1.165, 1.54) is 38.5 Å². The standard InChI is InChI=1S/C20H36N4O2.C16H32N4O2/c1-19(2,17(25)21-15-11-7-5-8-12-15)23-24-20(3,4)18(26)22-16-13-9-6-10-14-16;1-7-9-11-17-13(21)15(3,4)19-20-16(5,6)14(22)18-12-10-8-2/h15-16H,5-14H2,1-4H3,(H,21,25)(H,22,26);7-12H2,1-6H3,(H,17,21)(H,18,22). The van der Waals surface area contributed by atoms with Gasteiger partial charge in [-0.1, -0.05) is 65.2 Å². The average Bonchev–Trinajstić information content (AvgIpc) is 3.04. The lowest BCUT2D eigenvalue weighted by Crippen LogP contribution is -2.48. The number of carbonyl (C=O) groups excluding carboxylic acids is 4. The van der Waals surface area contributed by atoms with Crippen molar-refractivity contribution in [2.45, 2.75) is 193 Å². The average molecular weight is 677 g/mol. The number of unbranched alkanes of at least 4 members (excludes halogenated alkanes) is 2. The molecule has 0 unspecified atom stereocenters. The fraction of sp³-hybridized carbons (Fsp3) is 0.889. The summed E-state index contributed by atoms with van der Waals surface area (Å²) >= 11 is 0. The lowest BCUT2D eigenvalue weighted by molar-refractivity contribution is -0.128. The van der Waals surface area contributed by atoms with Crippen LogP contribution in [0.15, 0.2) is 20.5 Å². The van der Waals surface area contributed by atoms with Crippen LogP contribution in [0, 0.1) is 0 Å². The van der Waals surface area contributed by atoms with Gasteiger partial charge in [0.2, 0.25) is 23.6 Å². The lowest BCUT2D eigenvalue weighted by atomic mass is 9.94. The Hall–Kier alpha value is -2.92. The maximum atomic E-state index is 12.6. The summed E-state index contributed by atoms with van der Waals surface area (Å²) in [7, 11) is 0. The summed E-state index contributed by atoms with van der Waals surface area (Å²) in [6.45, 7) is 19.2. The second-order valence-electron chi connectivity index (χ2n) is 15.5. The zero-order chi connectivity index (χ0) is 36.4. The third kappa shape index (κ3) is 16.0. The maximum Gasteiger partial charge on any atom is 0.249 e. The quantitative estimate of drug-likeness (QED) is 0.105. The molecular formula is C36H68N8O4. The summed E-state index contributed by atoms with van der Waals surface area (Å²) in [6.07, 6.45) is 15.2. The highest BCUT2D eigenvalue weighted by atomic mass is 16.2. The van der Waals surface area contributed by atoms with Crippen LogP contribution in [-0.4, -0.2) is 71.0 Å². The van der Waals surface area contributed by atoms with Gasteiger partial charge in [-0.05, 0) is 93.9 Å². The highest BCUT2D eigenvalue weighted by molar-refractivity contribution is 5.87. The first-order valence-electron chi connectivity index (χ1n) is 18.4. The number of nitrogens with one attached hydrogen (secondary N) is 4. The van der Waals surface area contributed by atoms with Crippen molar-refractivity contribution in [2.75, 3.05) is 13.1 Å². The Balaban J connectivity index is 0.000000488. The molecule has 0 aromatic rings. The summed E-state index contributed by atoms with van der Waals surface area (Å²) in [5.74, 6) is -0.577.